The van der Waals surface area contributed by atoms with Crippen molar-refractivity contribution >= 4 is 23.3 Å². The van der Waals surface area contributed by atoms with Crippen LogP contribution in [-0.2, 0) is 9.63 Å². The molecule has 0 aliphatic heterocycles. The molecule has 0 spiro atoms. The van der Waals surface area contributed by atoms with Crippen molar-refractivity contribution in [2.24, 2.45) is 0 Å². The van der Waals surface area contributed by atoms with Crippen molar-refractivity contribution in [1.82, 2.24) is 4.98 Å². The second-order valence-corrected chi connectivity index (χ2v) is 6.35. The molecule has 0 atom stereocenters. The number of halogens is 3. The van der Waals surface area contributed by atoms with Crippen LogP contribution >= 0.6 is 0 Å². The molecule has 0 radical (unpaired) electrons. The van der Waals surface area contributed by atoms with Gasteiger partial charge in [0.1, 0.15) is 12.4 Å². The molecule has 0 unspecified atom stereocenters. The van der Waals surface area contributed by atoms with Crippen LogP contribution in [-0.4, -0.2) is 36.2 Å². The van der Waals surface area contributed by atoms with Crippen LogP contribution in [0.2, 0.25) is 0 Å². The predicted octanol–water partition coefficient (Wildman–Crippen LogP) is 4.24. The van der Waals surface area contributed by atoms with Crippen LogP contribution in [0, 0.1) is 0 Å². The van der Waals surface area contributed by atoms with E-state index in [0.717, 1.165) is 5.69 Å². The number of alkyl halides is 3. The van der Waals surface area contributed by atoms with Gasteiger partial charge in [0, 0.05) is 30.2 Å². The number of hydroxylamine groups is 1. The van der Waals surface area contributed by atoms with Gasteiger partial charge in [-0.05, 0) is 42.5 Å². The Kier molecular flexibility index (Phi) is 7.27. The lowest BCUT2D eigenvalue weighted by molar-refractivity contribution is -0.199. The van der Waals surface area contributed by atoms with Gasteiger partial charge in [0.25, 0.3) is 5.91 Å². The van der Waals surface area contributed by atoms with E-state index in [4.69, 9.17) is 4.74 Å². The molecule has 3 rings (SSSR count). The summed E-state index contributed by atoms with van der Waals surface area (Å²) in [4.78, 5) is 32.5. The maximum atomic E-state index is 12.9. The van der Waals surface area contributed by atoms with E-state index < -0.39 is 18.1 Å². The minimum absolute atomic E-state index is 0.0246. The van der Waals surface area contributed by atoms with E-state index in [1.807, 2.05) is 0 Å². The van der Waals surface area contributed by atoms with Crippen LogP contribution in [0.4, 0.5) is 24.5 Å². The molecule has 0 fully saturated rings. The fourth-order valence-electron chi connectivity index (χ4n) is 2.58. The number of ether oxygens (including phenoxy) is 1. The second-order valence-electron chi connectivity index (χ2n) is 6.35. The van der Waals surface area contributed by atoms with E-state index in [1.54, 1.807) is 36.7 Å². The summed E-state index contributed by atoms with van der Waals surface area (Å²) in [7, 11) is 0. The minimum Gasteiger partial charge on any atom is -0.492 e. The number of nitrogens with one attached hydrogen (secondary N) is 1. The van der Waals surface area contributed by atoms with Gasteiger partial charge in [0.05, 0.1) is 5.69 Å². The number of carbonyl (C=O) groups is 2. The molecule has 0 aliphatic rings. The van der Waals surface area contributed by atoms with Crippen LogP contribution in [0.15, 0.2) is 79.1 Å². The van der Waals surface area contributed by atoms with Crippen LogP contribution in [0.3, 0.4) is 0 Å². The monoisotopic (exact) mass is 445 g/mol. The first-order valence-corrected chi connectivity index (χ1v) is 9.40. The molecule has 1 N–H and O–H groups in total. The SMILES string of the molecule is O=C(c1cccc(OCCNc2ccncc2)c1)N(OC(=O)C(F)(F)F)c1ccccc1. The smallest absolute Gasteiger partial charge is 0.492 e. The molecule has 0 aliphatic carbocycles. The molecule has 1 aromatic heterocycles. The van der Waals surface area contributed by atoms with E-state index in [-0.39, 0.29) is 17.9 Å². The molecular formula is C22H18F3N3O4. The van der Waals surface area contributed by atoms with Gasteiger partial charge in [-0.25, -0.2) is 4.79 Å². The van der Waals surface area contributed by atoms with Gasteiger partial charge < -0.3 is 14.9 Å². The van der Waals surface area contributed by atoms with Gasteiger partial charge >= 0.3 is 12.1 Å². The van der Waals surface area contributed by atoms with E-state index in [9.17, 15) is 22.8 Å². The Morgan fingerprint density at radius 1 is 0.969 bits per heavy atom. The molecule has 7 nitrogen and oxygen atoms in total. The Balaban J connectivity index is 1.70. The summed E-state index contributed by atoms with van der Waals surface area (Å²) in [5.41, 5.74) is 0.795. The number of aromatic nitrogens is 1. The number of rotatable bonds is 7. The van der Waals surface area contributed by atoms with Crippen molar-refractivity contribution in [3.63, 3.8) is 0 Å². The zero-order chi connectivity index (χ0) is 23.0. The zero-order valence-electron chi connectivity index (χ0n) is 16.6. The van der Waals surface area contributed by atoms with Crippen molar-refractivity contribution in [3.05, 3.63) is 84.7 Å². The van der Waals surface area contributed by atoms with Gasteiger partial charge in [-0.15, -0.1) is 5.06 Å². The van der Waals surface area contributed by atoms with Crippen LogP contribution in [0.5, 0.6) is 5.75 Å². The van der Waals surface area contributed by atoms with Gasteiger partial charge in [-0.1, -0.05) is 24.3 Å². The lowest BCUT2D eigenvalue weighted by atomic mass is 10.2. The number of carbonyl (C=O) groups excluding carboxylic acids is 2. The average Bonchev–Trinajstić information content (AvgIpc) is 2.80. The highest BCUT2D eigenvalue weighted by molar-refractivity contribution is 6.06. The Morgan fingerprint density at radius 2 is 1.69 bits per heavy atom. The number of benzene rings is 2. The van der Waals surface area contributed by atoms with Crippen LogP contribution < -0.4 is 15.1 Å². The Hall–Kier alpha value is -4.08. The summed E-state index contributed by atoms with van der Waals surface area (Å²) in [6.45, 7) is 0.715. The topological polar surface area (TPSA) is 80.8 Å². The first-order chi connectivity index (χ1) is 15.3. The minimum atomic E-state index is -5.26. The van der Waals surface area contributed by atoms with Crippen LogP contribution in [0.25, 0.3) is 0 Å². The van der Waals surface area contributed by atoms with Crippen molar-refractivity contribution in [3.8, 4) is 5.75 Å². The fraction of sp³-hybridized carbons (Fsp3) is 0.136. The number of amides is 1. The Labute approximate surface area is 181 Å². The highest BCUT2D eigenvalue weighted by Crippen LogP contribution is 2.24. The van der Waals surface area contributed by atoms with Gasteiger partial charge in [-0.2, -0.15) is 13.2 Å². The Bertz CT molecular complexity index is 1050. The summed E-state index contributed by atoms with van der Waals surface area (Å²) in [6.07, 6.45) is -1.98. The van der Waals surface area contributed by atoms with Crippen LogP contribution in [0.1, 0.15) is 10.4 Å². The molecule has 10 heteroatoms. The number of para-hydroxylation sites is 1. The maximum absolute atomic E-state index is 12.9. The van der Waals surface area contributed by atoms with Crippen molar-refractivity contribution in [2.45, 2.75) is 6.18 Å². The molecule has 0 saturated heterocycles. The summed E-state index contributed by atoms with van der Waals surface area (Å²) >= 11 is 0. The average molecular weight is 445 g/mol. The molecule has 2 aromatic carbocycles. The molecular weight excluding hydrogens is 427 g/mol. The third-order valence-electron chi connectivity index (χ3n) is 4.04. The van der Waals surface area contributed by atoms with E-state index in [1.165, 1.54) is 42.5 Å². The molecule has 1 heterocycles. The third-order valence-corrected chi connectivity index (χ3v) is 4.04. The number of pyridine rings is 1. The highest BCUT2D eigenvalue weighted by atomic mass is 19.4. The molecule has 32 heavy (non-hydrogen) atoms. The maximum Gasteiger partial charge on any atom is 0.493 e. The molecule has 3 aromatic rings. The van der Waals surface area contributed by atoms with Crippen molar-refractivity contribution in [2.75, 3.05) is 23.5 Å². The first kappa shape index (κ1) is 22.6. The fourth-order valence-corrected chi connectivity index (χ4v) is 2.58. The summed E-state index contributed by atoms with van der Waals surface area (Å²) < 4.78 is 43.7. The standard InChI is InChI=1S/C22H18F3N3O4/c23-22(24,25)21(30)32-28(18-6-2-1-3-7-18)20(29)16-5-4-8-19(15-16)31-14-13-27-17-9-11-26-12-10-17/h1-12,15H,13-14H2,(H,26,27). The highest BCUT2D eigenvalue weighted by Gasteiger charge is 2.43. The van der Waals surface area contributed by atoms with E-state index in [0.29, 0.717) is 17.4 Å². The number of nitrogens with zero attached hydrogens (tertiary/aromatic N) is 2. The van der Waals surface area contributed by atoms with Gasteiger partial charge in [0.15, 0.2) is 0 Å². The lowest BCUT2D eigenvalue weighted by Gasteiger charge is -2.22. The van der Waals surface area contributed by atoms with E-state index >= 15 is 0 Å². The summed E-state index contributed by atoms with van der Waals surface area (Å²) in [6, 6.07) is 16.7. The first-order valence-electron chi connectivity index (χ1n) is 9.40. The summed E-state index contributed by atoms with van der Waals surface area (Å²) in [5.74, 6) is -3.15. The summed E-state index contributed by atoms with van der Waals surface area (Å²) in [5, 5.41) is 3.43. The van der Waals surface area contributed by atoms with Crippen molar-refractivity contribution < 1.29 is 32.3 Å². The van der Waals surface area contributed by atoms with Gasteiger partial charge in [-0.3, -0.25) is 9.78 Å². The predicted molar refractivity (Wildman–Crippen MR) is 110 cm³/mol. The number of hydrogen-bond donors (Lipinski definition) is 1. The zero-order valence-corrected chi connectivity index (χ0v) is 16.6. The lowest BCUT2D eigenvalue weighted by Crippen LogP contribution is -2.38. The molecule has 166 valence electrons. The second kappa shape index (κ2) is 10.3. The van der Waals surface area contributed by atoms with E-state index in [2.05, 4.69) is 15.1 Å². The van der Waals surface area contributed by atoms with Crippen molar-refractivity contribution in [1.29, 1.82) is 0 Å². The number of hydrogen-bond acceptors (Lipinski definition) is 6. The third kappa shape index (κ3) is 6.21. The van der Waals surface area contributed by atoms with Gasteiger partial charge in [0.2, 0.25) is 0 Å². The number of anilines is 2. The molecule has 0 bridgehead atoms. The quantitative estimate of drug-likeness (QED) is 0.433. The normalized spacial score (nSPS) is 10.8. The molecule has 1 amide bonds. The Morgan fingerprint density at radius 3 is 2.38 bits per heavy atom. The molecule has 0 saturated carbocycles. The largest absolute Gasteiger partial charge is 0.493 e.